The number of hydrogen-bond acceptors (Lipinski definition) is 6. The van der Waals surface area contributed by atoms with E-state index in [0.29, 0.717) is 44.9 Å². The monoisotopic (exact) mass is 411 g/mol. The summed E-state index contributed by atoms with van der Waals surface area (Å²) in [6.07, 6.45) is 3.18. The van der Waals surface area contributed by atoms with Crippen molar-refractivity contribution >= 4 is 15.9 Å². The van der Waals surface area contributed by atoms with Gasteiger partial charge in [-0.2, -0.15) is 4.31 Å². The second-order valence-electron chi connectivity index (χ2n) is 7.25. The van der Waals surface area contributed by atoms with Crippen molar-refractivity contribution in [2.45, 2.75) is 42.7 Å². The zero-order valence-electron chi connectivity index (χ0n) is 16.2. The Morgan fingerprint density at radius 2 is 1.79 bits per heavy atom. The molecule has 2 N–H and O–H groups in total. The molecule has 1 aromatic rings. The van der Waals surface area contributed by atoms with Crippen LogP contribution >= 0.6 is 0 Å². The van der Waals surface area contributed by atoms with Gasteiger partial charge in [-0.3, -0.25) is 9.69 Å². The van der Waals surface area contributed by atoms with Gasteiger partial charge in [0, 0.05) is 26.2 Å². The fourth-order valence-electron chi connectivity index (χ4n) is 4.05. The van der Waals surface area contributed by atoms with Gasteiger partial charge in [-0.15, -0.1) is 0 Å². The van der Waals surface area contributed by atoms with E-state index in [-0.39, 0.29) is 22.9 Å². The van der Waals surface area contributed by atoms with E-state index >= 15 is 0 Å². The Morgan fingerprint density at radius 3 is 2.39 bits per heavy atom. The van der Waals surface area contributed by atoms with Crippen molar-refractivity contribution in [1.82, 2.24) is 9.21 Å². The molecule has 3 rings (SSSR count). The molecule has 0 saturated carbocycles. The molecule has 1 aromatic carbocycles. The lowest BCUT2D eigenvalue weighted by Crippen LogP contribution is -2.51. The standard InChI is InChI=1S/C19H29N3O5S/c1-26-13-14-27-16-4-6-17(7-5-16)28(24,25)21-11-8-15(9-12-21)22-10-2-3-18(22)19(20)23/h4-7,15,18H,2-3,8-14H2,1H3,(H2,20,23). The summed E-state index contributed by atoms with van der Waals surface area (Å²) in [5, 5.41) is 0. The van der Waals surface area contributed by atoms with Crippen molar-refractivity contribution in [2.75, 3.05) is 40.0 Å². The molecule has 1 amide bonds. The molecular weight excluding hydrogens is 382 g/mol. The lowest BCUT2D eigenvalue weighted by Gasteiger charge is -2.38. The number of ether oxygens (including phenoxy) is 2. The largest absolute Gasteiger partial charge is 0.491 e. The number of amides is 1. The van der Waals surface area contributed by atoms with E-state index in [4.69, 9.17) is 15.2 Å². The van der Waals surface area contributed by atoms with Crippen molar-refractivity contribution in [3.8, 4) is 5.75 Å². The Morgan fingerprint density at radius 1 is 1.11 bits per heavy atom. The van der Waals surface area contributed by atoms with E-state index in [1.807, 2.05) is 0 Å². The van der Waals surface area contributed by atoms with E-state index in [1.165, 1.54) is 4.31 Å². The van der Waals surface area contributed by atoms with Crippen molar-refractivity contribution in [3.63, 3.8) is 0 Å². The van der Waals surface area contributed by atoms with Crippen LogP contribution in [0.1, 0.15) is 25.7 Å². The van der Waals surface area contributed by atoms with Gasteiger partial charge >= 0.3 is 0 Å². The molecule has 0 bridgehead atoms. The number of methoxy groups -OCH3 is 1. The zero-order valence-corrected chi connectivity index (χ0v) is 17.1. The second kappa shape index (κ2) is 9.21. The van der Waals surface area contributed by atoms with E-state index in [0.717, 1.165) is 19.4 Å². The lowest BCUT2D eigenvalue weighted by atomic mass is 10.0. The molecule has 1 atom stereocenters. The molecule has 0 spiro atoms. The summed E-state index contributed by atoms with van der Waals surface area (Å²) in [6.45, 7) is 2.64. The van der Waals surface area contributed by atoms with E-state index < -0.39 is 10.0 Å². The number of likely N-dealkylation sites (tertiary alicyclic amines) is 1. The van der Waals surface area contributed by atoms with Gasteiger partial charge in [-0.1, -0.05) is 0 Å². The maximum atomic E-state index is 12.9. The minimum atomic E-state index is -3.54. The number of nitrogens with two attached hydrogens (primary N) is 1. The van der Waals surface area contributed by atoms with Crippen LogP contribution in [0.2, 0.25) is 0 Å². The molecular formula is C19H29N3O5S. The molecule has 28 heavy (non-hydrogen) atoms. The number of rotatable bonds is 8. The Bertz CT molecular complexity index is 760. The van der Waals surface area contributed by atoms with Gasteiger partial charge in [0.05, 0.1) is 17.5 Å². The second-order valence-corrected chi connectivity index (χ2v) is 9.18. The van der Waals surface area contributed by atoms with Gasteiger partial charge in [-0.05, 0) is 56.5 Å². The third-order valence-corrected chi connectivity index (χ3v) is 7.45. The molecule has 0 aliphatic carbocycles. The first-order valence-corrected chi connectivity index (χ1v) is 11.1. The number of nitrogens with zero attached hydrogens (tertiary/aromatic N) is 2. The van der Waals surface area contributed by atoms with Crippen molar-refractivity contribution in [2.24, 2.45) is 5.73 Å². The highest BCUT2D eigenvalue weighted by molar-refractivity contribution is 7.89. The first-order chi connectivity index (χ1) is 13.4. The van der Waals surface area contributed by atoms with Crippen LogP contribution in [-0.2, 0) is 19.6 Å². The van der Waals surface area contributed by atoms with Gasteiger partial charge in [-0.25, -0.2) is 8.42 Å². The topological polar surface area (TPSA) is 102 Å². The van der Waals surface area contributed by atoms with E-state index in [1.54, 1.807) is 31.4 Å². The number of sulfonamides is 1. The molecule has 156 valence electrons. The molecule has 2 aliphatic heterocycles. The summed E-state index contributed by atoms with van der Waals surface area (Å²) in [5.41, 5.74) is 5.51. The van der Waals surface area contributed by atoms with Gasteiger partial charge in [0.1, 0.15) is 12.4 Å². The molecule has 8 nitrogen and oxygen atoms in total. The van der Waals surface area contributed by atoms with Gasteiger partial charge in [0.2, 0.25) is 15.9 Å². The highest BCUT2D eigenvalue weighted by Gasteiger charge is 2.37. The minimum Gasteiger partial charge on any atom is -0.491 e. The Kier molecular flexibility index (Phi) is 6.92. The molecule has 9 heteroatoms. The van der Waals surface area contributed by atoms with Crippen LogP contribution < -0.4 is 10.5 Å². The number of primary amides is 1. The third-order valence-electron chi connectivity index (χ3n) is 5.53. The highest BCUT2D eigenvalue weighted by Crippen LogP contribution is 2.28. The van der Waals surface area contributed by atoms with Crippen LogP contribution in [0.5, 0.6) is 5.75 Å². The van der Waals surface area contributed by atoms with Crippen molar-refractivity contribution < 1.29 is 22.7 Å². The van der Waals surface area contributed by atoms with Crippen LogP contribution in [0, 0.1) is 0 Å². The van der Waals surface area contributed by atoms with Gasteiger partial charge in [0.25, 0.3) is 0 Å². The summed E-state index contributed by atoms with van der Waals surface area (Å²) in [4.78, 5) is 14.1. The molecule has 1 unspecified atom stereocenters. The van der Waals surface area contributed by atoms with Crippen LogP contribution in [0.3, 0.4) is 0 Å². The van der Waals surface area contributed by atoms with Crippen LogP contribution in [-0.4, -0.2) is 75.6 Å². The maximum absolute atomic E-state index is 12.9. The quantitative estimate of drug-likeness (QED) is 0.635. The average Bonchev–Trinajstić information content (AvgIpc) is 3.19. The highest BCUT2D eigenvalue weighted by atomic mass is 32.2. The van der Waals surface area contributed by atoms with Gasteiger partial charge in [0.15, 0.2) is 0 Å². The van der Waals surface area contributed by atoms with E-state index in [9.17, 15) is 13.2 Å². The SMILES string of the molecule is COCCOc1ccc(S(=O)(=O)N2CCC(N3CCCC3C(N)=O)CC2)cc1. The number of hydrogen-bond donors (Lipinski definition) is 1. The number of piperidine rings is 1. The minimum absolute atomic E-state index is 0.209. The predicted molar refractivity (Wildman–Crippen MR) is 105 cm³/mol. The van der Waals surface area contributed by atoms with Crippen molar-refractivity contribution in [3.05, 3.63) is 24.3 Å². The summed E-state index contributed by atoms with van der Waals surface area (Å²) < 4.78 is 37.8. The molecule has 0 aromatic heterocycles. The average molecular weight is 412 g/mol. The molecule has 2 heterocycles. The van der Waals surface area contributed by atoms with E-state index in [2.05, 4.69) is 4.90 Å². The summed E-state index contributed by atoms with van der Waals surface area (Å²) >= 11 is 0. The van der Waals surface area contributed by atoms with Crippen LogP contribution in [0.4, 0.5) is 0 Å². The molecule has 2 aliphatic rings. The number of carbonyl (C=O) groups excluding carboxylic acids is 1. The predicted octanol–water partition coefficient (Wildman–Crippen LogP) is 0.815. The number of benzene rings is 1. The van der Waals surface area contributed by atoms with Crippen LogP contribution in [0.15, 0.2) is 29.2 Å². The smallest absolute Gasteiger partial charge is 0.243 e. The lowest BCUT2D eigenvalue weighted by molar-refractivity contribution is -0.123. The van der Waals surface area contributed by atoms with Gasteiger partial charge < -0.3 is 15.2 Å². The summed E-state index contributed by atoms with van der Waals surface area (Å²) in [6, 6.07) is 6.48. The van der Waals surface area contributed by atoms with Crippen molar-refractivity contribution in [1.29, 1.82) is 0 Å². The Balaban J connectivity index is 1.59. The summed E-state index contributed by atoms with van der Waals surface area (Å²) in [5.74, 6) is 0.335. The number of carbonyl (C=O) groups is 1. The fraction of sp³-hybridized carbons (Fsp3) is 0.632. The molecule has 2 saturated heterocycles. The molecule has 0 radical (unpaired) electrons. The maximum Gasteiger partial charge on any atom is 0.243 e. The first kappa shape index (κ1) is 21.0. The Hall–Kier alpha value is -1.68. The van der Waals surface area contributed by atoms with Crippen LogP contribution in [0.25, 0.3) is 0 Å². The zero-order chi connectivity index (χ0) is 20.1. The normalized spacial score (nSPS) is 22.4. The summed E-state index contributed by atoms with van der Waals surface area (Å²) in [7, 11) is -1.94. The molecule has 2 fully saturated rings. The third kappa shape index (κ3) is 4.65. The fourth-order valence-corrected chi connectivity index (χ4v) is 5.52. The Labute approximate surface area is 166 Å². The first-order valence-electron chi connectivity index (χ1n) is 9.70.